The lowest BCUT2D eigenvalue weighted by Gasteiger charge is -2.35. The van der Waals surface area contributed by atoms with E-state index in [1.807, 2.05) is 34.7 Å². The van der Waals surface area contributed by atoms with Gasteiger partial charge in [0.05, 0.1) is 17.9 Å². The summed E-state index contributed by atoms with van der Waals surface area (Å²) in [5, 5.41) is 12.1. The van der Waals surface area contributed by atoms with Crippen LogP contribution in [0.5, 0.6) is 0 Å². The molecule has 5 heterocycles. The van der Waals surface area contributed by atoms with Gasteiger partial charge in [0.1, 0.15) is 5.82 Å². The van der Waals surface area contributed by atoms with Crippen molar-refractivity contribution in [1.29, 1.82) is 0 Å². The van der Waals surface area contributed by atoms with Crippen molar-refractivity contribution < 1.29 is 4.79 Å². The van der Waals surface area contributed by atoms with E-state index >= 15 is 0 Å². The minimum Gasteiger partial charge on any atom is -0.355 e. The number of allylic oxidation sites excluding steroid dienone is 1. The molecule has 0 bridgehead atoms. The number of rotatable bonds is 5. The van der Waals surface area contributed by atoms with Gasteiger partial charge in [-0.2, -0.15) is 10.2 Å². The summed E-state index contributed by atoms with van der Waals surface area (Å²) in [6, 6.07) is 2.17. The standard InChI is InChI=1S/C25H34N8O/c1-4-18(19-13-27-29-20(19)5-2)25(34)32-10-7-6-8-22(32)21-12-23-28-24(16(3)14-33(23)30-21)31-11-9-17(26)15-31/h4,12-14,17,22H,5-11,15,26H2,1-3H3,(H,27,29)/b18-4+. The van der Waals surface area contributed by atoms with Gasteiger partial charge in [-0.1, -0.05) is 13.0 Å². The second-order valence-corrected chi connectivity index (χ2v) is 9.44. The number of aryl methyl sites for hydroxylation is 2. The fourth-order valence-corrected chi connectivity index (χ4v) is 5.33. The molecule has 2 atom stereocenters. The number of nitrogens with two attached hydrogens (primary N) is 1. The fourth-order valence-electron chi connectivity index (χ4n) is 5.33. The Morgan fingerprint density at radius 2 is 2.15 bits per heavy atom. The molecule has 2 saturated heterocycles. The van der Waals surface area contributed by atoms with Crippen LogP contribution in [0.4, 0.5) is 5.82 Å². The third kappa shape index (κ3) is 3.98. The maximum absolute atomic E-state index is 13.8. The van der Waals surface area contributed by atoms with Crippen LogP contribution in [0.2, 0.25) is 0 Å². The zero-order valence-electron chi connectivity index (χ0n) is 20.3. The van der Waals surface area contributed by atoms with Crippen molar-refractivity contribution >= 4 is 22.9 Å². The normalized spacial score (nSPS) is 21.6. The molecule has 1 amide bonds. The highest BCUT2D eigenvalue weighted by molar-refractivity contribution is 6.19. The molecule has 34 heavy (non-hydrogen) atoms. The Bertz CT molecular complexity index is 1220. The molecule has 2 aliphatic rings. The van der Waals surface area contributed by atoms with Crippen molar-refractivity contribution in [3.63, 3.8) is 0 Å². The van der Waals surface area contributed by atoms with Crippen LogP contribution >= 0.6 is 0 Å². The third-order valence-electron chi connectivity index (χ3n) is 7.13. The molecule has 3 aromatic heterocycles. The van der Waals surface area contributed by atoms with Crippen molar-refractivity contribution in [2.75, 3.05) is 24.5 Å². The number of fused-ring (bicyclic) bond motifs is 1. The smallest absolute Gasteiger partial charge is 0.254 e. The van der Waals surface area contributed by atoms with Crippen LogP contribution in [-0.2, 0) is 11.2 Å². The van der Waals surface area contributed by atoms with E-state index in [-0.39, 0.29) is 18.0 Å². The van der Waals surface area contributed by atoms with Crippen LogP contribution in [0.1, 0.15) is 68.1 Å². The monoisotopic (exact) mass is 462 g/mol. The van der Waals surface area contributed by atoms with Gasteiger partial charge in [-0.15, -0.1) is 0 Å². The molecule has 0 radical (unpaired) electrons. The first kappa shape index (κ1) is 22.6. The summed E-state index contributed by atoms with van der Waals surface area (Å²) in [6.45, 7) is 8.53. The van der Waals surface area contributed by atoms with E-state index < -0.39 is 0 Å². The zero-order chi connectivity index (χ0) is 23.8. The van der Waals surface area contributed by atoms with Crippen LogP contribution < -0.4 is 10.6 Å². The molecule has 2 fully saturated rings. The quantitative estimate of drug-likeness (QED) is 0.564. The number of carbonyl (C=O) groups excluding carboxylic acids is 1. The van der Waals surface area contributed by atoms with Gasteiger partial charge in [-0.05, 0) is 46.0 Å². The number of aromatic nitrogens is 5. The van der Waals surface area contributed by atoms with Gasteiger partial charge < -0.3 is 15.5 Å². The van der Waals surface area contributed by atoms with Gasteiger partial charge in [0.25, 0.3) is 5.91 Å². The molecule has 9 heteroatoms. The van der Waals surface area contributed by atoms with Gasteiger partial charge in [0, 0.05) is 60.3 Å². The predicted molar refractivity (Wildman–Crippen MR) is 132 cm³/mol. The lowest BCUT2D eigenvalue weighted by molar-refractivity contribution is -0.128. The summed E-state index contributed by atoms with van der Waals surface area (Å²) < 4.78 is 1.85. The SMILES string of the molecule is C/C=C(/C(=O)N1CCCCC1c1cc2nc(N3CCC(N)C3)c(C)cn2n1)c1cn[nH]c1CC. The van der Waals surface area contributed by atoms with E-state index in [0.717, 1.165) is 85.7 Å². The van der Waals surface area contributed by atoms with E-state index in [0.29, 0.717) is 5.57 Å². The van der Waals surface area contributed by atoms with Crippen LogP contribution in [-0.4, -0.2) is 61.3 Å². The van der Waals surface area contributed by atoms with Crippen molar-refractivity contribution in [3.8, 4) is 0 Å². The predicted octanol–water partition coefficient (Wildman–Crippen LogP) is 3.02. The topological polar surface area (TPSA) is 108 Å². The summed E-state index contributed by atoms with van der Waals surface area (Å²) in [6.07, 6.45) is 10.4. The number of hydrogen-bond donors (Lipinski definition) is 2. The summed E-state index contributed by atoms with van der Waals surface area (Å²) in [4.78, 5) is 22.9. The number of amides is 1. The Hall–Kier alpha value is -3.20. The molecule has 0 aromatic carbocycles. The average molecular weight is 463 g/mol. The minimum absolute atomic E-state index is 0.0382. The molecule has 9 nitrogen and oxygen atoms in total. The van der Waals surface area contributed by atoms with Gasteiger partial charge in [-0.3, -0.25) is 9.89 Å². The van der Waals surface area contributed by atoms with E-state index in [2.05, 4.69) is 28.9 Å². The van der Waals surface area contributed by atoms with Gasteiger partial charge in [0.2, 0.25) is 0 Å². The molecular formula is C25H34N8O. The maximum Gasteiger partial charge on any atom is 0.254 e. The number of nitrogens with zero attached hydrogens (tertiary/aromatic N) is 6. The molecular weight excluding hydrogens is 428 g/mol. The first-order valence-electron chi connectivity index (χ1n) is 12.4. The Labute approximate surface area is 200 Å². The average Bonchev–Trinajstić information content (AvgIpc) is 3.58. The Balaban J connectivity index is 1.46. The second kappa shape index (κ2) is 9.21. The van der Waals surface area contributed by atoms with E-state index in [1.54, 1.807) is 6.20 Å². The number of anilines is 1. The van der Waals surface area contributed by atoms with Crippen molar-refractivity contribution in [3.05, 3.63) is 47.1 Å². The highest BCUT2D eigenvalue weighted by atomic mass is 16.2. The number of carbonyl (C=O) groups is 1. The molecule has 0 saturated carbocycles. The molecule has 3 aromatic rings. The zero-order valence-corrected chi connectivity index (χ0v) is 20.3. The van der Waals surface area contributed by atoms with Crippen LogP contribution in [0, 0.1) is 6.92 Å². The molecule has 2 aliphatic heterocycles. The molecule has 2 unspecified atom stereocenters. The van der Waals surface area contributed by atoms with E-state index in [9.17, 15) is 4.79 Å². The van der Waals surface area contributed by atoms with Crippen LogP contribution in [0.3, 0.4) is 0 Å². The first-order chi connectivity index (χ1) is 16.5. The van der Waals surface area contributed by atoms with E-state index in [4.69, 9.17) is 15.8 Å². The number of piperidine rings is 1. The van der Waals surface area contributed by atoms with Crippen molar-refractivity contribution in [1.82, 2.24) is 29.7 Å². The molecule has 3 N–H and O–H groups in total. The molecule has 0 aliphatic carbocycles. The second-order valence-electron chi connectivity index (χ2n) is 9.44. The lowest BCUT2D eigenvalue weighted by Crippen LogP contribution is -2.39. The number of H-pyrrole nitrogens is 1. The number of likely N-dealkylation sites (tertiary alicyclic amines) is 1. The molecule has 5 rings (SSSR count). The summed E-state index contributed by atoms with van der Waals surface area (Å²) in [5.74, 6) is 1.02. The van der Waals surface area contributed by atoms with Gasteiger partial charge in [-0.25, -0.2) is 9.50 Å². The highest BCUT2D eigenvalue weighted by Crippen LogP contribution is 2.34. The van der Waals surface area contributed by atoms with Gasteiger partial charge >= 0.3 is 0 Å². The van der Waals surface area contributed by atoms with E-state index in [1.165, 1.54) is 0 Å². The number of nitrogens with one attached hydrogen (secondary N) is 1. The number of aromatic amines is 1. The Morgan fingerprint density at radius 1 is 1.29 bits per heavy atom. The molecule has 0 spiro atoms. The fraction of sp³-hybridized carbons (Fsp3) is 0.520. The minimum atomic E-state index is -0.0705. The van der Waals surface area contributed by atoms with Crippen LogP contribution in [0.15, 0.2) is 24.5 Å². The summed E-state index contributed by atoms with van der Waals surface area (Å²) in [7, 11) is 0. The van der Waals surface area contributed by atoms with Gasteiger partial charge in [0.15, 0.2) is 5.65 Å². The van der Waals surface area contributed by atoms with Crippen molar-refractivity contribution in [2.45, 2.75) is 65.0 Å². The molecule has 180 valence electrons. The largest absolute Gasteiger partial charge is 0.355 e. The van der Waals surface area contributed by atoms with Crippen LogP contribution in [0.25, 0.3) is 11.2 Å². The first-order valence-corrected chi connectivity index (χ1v) is 12.4. The third-order valence-corrected chi connectivity index (χ3v) is 7.13. The Morgan fingerprint density at radius 3 is 2.88 bits per heavy atom. The Kier molecular flexibility index (Phi) is 6.12. The summed E-state index contributed by atoms with van der Waals surface area (Å²) in [5.41, 5.74) is 11.5. The summed E-state index contributed by atoms with van der Waals surface area (Å²) >= 11 is 0. The lowest BCUT2D eigenvalue weighted by atomic mass is 9.96. The number of hydrogen-bond acceptors (Lipinski definition) is 6. The van der Waals surface area contributed by atoms with Crippen molar-refractivity contribution in [2.24, 2.45) is 5.73 Å². The highest BCUT2D eigenvalue weighted by Gasteiger charge is 2.33. The maximum atomic E-state index is 13.8.